The van der Waals surface area contributed by atoms with Crippen LogP contribution in [-0.2, 0) is 11.3 Å². The third-order valence-electron chi connectivity index (χ3n) is 3.56. The molecule has 0 unspecified atom stereocenters. The summed E-state index contributed by atoms with van der Waals surface area (Å²) in [6.45, 7) is 0.906. The predicted octanol–water partition coefficient (Wildman–Crippen LogP) is 4.71. The van der Waals surface area contributed by atoms with Gasteiger partial charge in [0.1, 0.15) is 0 Å². The smallest absolute Gasteiger partial charge is 0.407 e. The number of hydrogen-bond acceptors (Lipinski definition) is 2. The highest BCUT2D eigenvalue weighted by Crippen LogP contribution is 2.23. The second-order valence-electron chi connectivity index (χ2n) is 5.33. The predicted molar refractivity (Wildman–Crippen MR) is 93.4 cm³/mol. The molecule has 0 aliphatic rings. The van der Waals surface area contributed by atoms with E-state index >= 15 is 0 Å². The van der Waals surface area contributed by atoms with Crippen molar-refractivity contribution in [2.45, 2.75) is 19.1 Å². The zero-order valence-corrected chi connectivity index (χ0v) is 14.6. The van der Waals surface area contributed by atoms with Crippen LogP contribution in [0.4, 0.5) is 4.79 Å². The minimum absolute atomic E-state index is 0.142. The molecule has 1 amide bonds. The molecule has 0 saturated carbocycles. The van der Waals surface area contributed by atoms with Crippen LogP contribution in [-0.4, -0.2) is 29.7 Å². The van der Waals surface area contributed by atoms with E-state index in [1.807, 2.05) is 54.6 Å². The number of halogens is 1. The minimum atomic E-state index is -0.927. The van der Waals surface area contributed by atoms with E-state index in [4.69, 9.17) is 9.84 Å². The van der Waals surface area contributed by atoms with Crippen LogP contribution in [0.3, 0.4) is 0 Å². The minimum Gasteiger partial charge on any atom is -0.465 e. The molecule has 0 fully saturated rings. The third kappa shape index (κ3) is 5.69. The summed E-state index contributed by atoms with van der Waals surface area (Å²) in [5.41, 5.74) is 2.13. The number of benzene rings is 2. The summed E-state index contributed by atoms with van der Waals surface area (Å²) in [7, 11) is 1.57. The molecule has 2 aromatic rings. The van der Waals surface area contributed by atoms with Gasteiger partial charge in [-0.25, -0.2) is 4.79 Å². The lowest BCUT2D eigenvalue weighted by atomic mass is 10.1. The van der Waals surface area contributed by atoms with E-state index in [-0.39, 0.29) is 6.10 Å². The van der Waals surface area contributed by atoms with E-state index in [9.17, 15) is 4.79 Å². The first kappa shape index (κ1) is 17.5. The number of rotatable bonds is 7. The highest BCUT2D eigenvalue weighted by Gasteiger charge is 2.15. The first-order chi connectivity index (χ1) is 11.1. The number of amides is 1. The molecule has 0 aliphatic heterocycles. The second-order valence-corrected chi connectivity index (χ2v) is 6.25. The quantitative estimate of drug-likeness (QED) is 0.759. The van der Waals surface area contributed by atoms with Crippen molar-refractivity contribution in [2.24, 2.45) is 0 Å². The number of nitrogens with zero attached hydrogens (tertiary/aromatic N) is 1. The normalized spacial score (nSPS) is 11.9. The van der Waals surface area contributed by atoms with E-state index in [0.717, 1.165) is 15.6 Å². The van der Waals surface area contributed by atoms with Gasteiger partial charge in [-0.05, 0) is 29.7 Å². The Hall–Kier alpha value is -1.85. The maximum atomic E-state index is 10.9. The van der Waals surface area contributed by atoms with Crippen LogP contribution < -0.4 is 0 Å². The van der Waals surface area contributed by atoms with Crippen LogP contribution in [0.15, 0.2) is 59.1 Å². The van der Waals surface area contributed by atoms with Crippen molar-refractivity contribution in [3.8, 4) is 0 Å². The van der Waals surface area contributed by atoms with Gasteiger partial charge in [0, 0.05) is 18.1 Å². The molecule has 0 radical (unpaired) electrons. The average molecular weight is 378 g/mol. The number of carboxylic acid groups (broad SMARTS) is 1. The van der Waals surface area contributed by atoms with Crippen molar-refractivity contribution in [1.82, 2.24) is 4.90 Å². The average Bonchev–Trinajstić information content (AvgIpc) is 2.55. The van der Waals surface area contributed by atoms with E-state index < -0.39 is 6.09 Å². The fraction of sp³-hybridized carbons (Fsp3) is 0.278. The Morgan fingerprint density at radius 2 is 1.96 bits per heavy atom. The van der Waals surface area contributed by atoms with Crippen molar-refractivity contribution >= 4 is 22.0 Å². The SMILES string of the molecule is CN(CC[C@@H](OCc1cccc(Br)c1)c1ccccc1)C(=O)O. The number of hydrogen-bond donors (Lipinski definition) is 1. The molecule has 0 spiro atoms. The maximum Gasteiger partial charge on any atom is 0.407 e. The van der Waals surface area contributed by atoms with Gasteiger partial charge in [-0.2, -0.15) is 0 Å². The molecule has 5 heteroatoms. The first-order valence-corrected chi connectivity index (χ1v) is 8.20. The molecule has 0 saturated heterocycles. The van der Waals surface area contributed by atoms with E-state index in [1.54, 1.807) is 7.05 Å². The highest BCUT2D eigenvalue weighted by atomic mass is 79.9. The van der Waals surface area contributed by atoms with Crippen molar-refractivity contribution in [3.63, 3.8) is 0 Å². The van der Waals surface area contributed by atoms with Crippen molar-refractivity contribution in [2.75, 3.05) is 13.6 Å². The zero-order valence-electron chi connectivity index (χ0n) is 13.0. The van der Waals surface area contributed by atoms with Crippen LogP contribution in [0.5, 0.6) is 0 Å². The fourth-order valence-corrected chi connectivity index (χ4v) is 2.69. The molecule has 0 aliphatic carbocycles. The summed E-state index contributed by atoms with van der Waals surface area (Å²) in [6, 6.07) is 17.9. The van der Waals surface area contributed by atoms with Crippen molar-refractivity contribution < 1.29 is 14.6 Å². The molecule has 0 bridgehead atoms. The Morgan fingerprint density at radius 1 is 1.22 bits per heavy atom. The van der Waals surface area contributed by atoms with E-state index in [0.29, 0.717) is 19.6 Å². The van der Waals surface area contributed by atoms with Crippen LogP contribution in [0.1, 0.15) is 23.7 Å². The van der Waals surface area contributed by atoms with Gasteiger partial charge in [-0.15, -0.1) is 0 Å². The van der Waals surface area contributed by atoms with Crippen molar-refractivity contribution in [3.05, 3.63) is 70.2 Å². The number of carbonyl (C=O) groups is 1. The van der Waals surface area contributed by atoms with Gasteiger partial charge in [0.05, 0.1) is 12.7 Å². The van der Waals surface area contributed by atoms with Crippen LogP contribution in [0, 0.1) is 0 Å². The molecular formula is C18H20BrNO3. The summed E-state index contributed by atoms with van der Waals surface area (Å²) in [5.74, 6) is 0. The van der Waals surface area contributed by atoms with E-state index in [1.165, 1.54) is 4.90 Å². The Morgan fingerprint density at radius 3 is 2.61 bits per heavy atom. The fourth-order valence-electron chi connectivity index (χ4n) is 2.24. The topological polar surface area (TPSA) is 49.8 Å². The van der Waals surface area contributed by atoms with E-state index in [2.05, 4.69) is 15.9 Å². The Kier molecular flexibility index (Phi) is 6.62. The van der Waals surface area contributed by atoms with Crippen LogP contribution in [0.25, 0.3) is 0 Å². The summed E-state index contributed by atoms with van der Waals surface area (Å²) >= 11 is 3.45. The Labute approximate surface area is 144 Å². The molecule has 2 rings (SSSR count). The van der Waals surface area contributed by atoms with Gasteiger partial charge in [0.25, 0.3) is 0 Å². The standard InChI is InChI=1S/C18H20BrNO3/c1-20(18(21)22)11-10-17(15-7-3-2-4-8-15)23-13-14-6-5-9-16(19)12-14/h2-9,12,17H,10-11,13H2,1H3,(H,21,22)/t17-/m1/s1. The highest BCUT2D eigenvalue weighted by molar-refractivity contribution is 9.10. The van der Waals surface area contributed by atoms with Gasteiger partial charge in [0.2, 0.25) is 0 Å². The second kappa shape index (κ2) is 8.70. The Bertz CT molecular complexity index is 633. The maximum absolute atomic E-state index is 10.9. The molecule has 23 heavy (non-hydrogen) atoms. The van der Waals surface area contributed by atoms with Gasteiger partial charge >= 0.3 is 6.09 Å². The lowest BCUT2D eigenvalue weighted by Gasteiger charge is -2.21. The molecular weight excluding hydrogens is 358 g/mol. The van der Waals surface area contributed by atoms with Gasteiger partial charge in [-0.1, -0.05) is 58.4 Å². The molecule has 122 valence electrons. The molecule has 0 aromatic heterocycles. The lowest BCUT2D eigenvalue weighted by Crippen LogP contribution is -2.27. The summed E-state index contributed by atoms with van der Waals surface area (Å²) in [5, 5.41) is 8.98. The zero-order chi connectivity index (χ0) is 16.7. The van der Waals surface area contributed by atoms with Gasteiger partial charge in [0.15, 0.2) is 0 Å². The number of ether oxygens (including phenoxy) is 1. The molecule has 1 atom stereocenters. The van der Waals surface area contributed by atoms with Crippen LogP contribution >= 0.6 is 15.9 Å². The van der Waals surface area contributed by atoms with Crippen LogP contribution in [0.2, 0.25) is 0 Å². The summed E-state index contributed by atoms with van der Waals surface area (Å²) < 4.78 is 7.07. The molecule has 2 aromatic carbocycles. The third-order valence-corrected chi connectivity index (χ3v) is 4.06. The Balaban J connectivity index is 2.03. The monoisotopic (exact) mass is 377 g/mol. The summed E-state index contributed by atoms with van der Waals surface area (Å²) in [6.07, 6.45) is -0.457. The van der Waals surface area contributed by atoms with Gasteiger partial charge < -0.3 is 14.7 Å². The van der Waals surface area contributed by atoms with Gasteiger partial charge in [-0.3, -0.25) is 0 Å². The molecule has 1 N–H and O–H groups in total. The molecule has 0 heterocycles. The largest absolute Gasteiger partial charge is 0.465 e. The first-order valence-electron chi connectivity index (χ1n) is 7.41. The molecule has 4 nitrogen and oxygen atoms in total. The van der Waals surface area contributed by atoms with Crippen molar-refractivity contribution in [1.29, 1.82) is 0 Å². The summed E-state index contributed by atoms with van der Waals surface area (Å²) in [4.78, 5) is 12.2. The lowest BCUT2D eigenvalue weighted by molar-refractivity contribution is 0.0287.